The number of phenolic OH excluding ortho intramolecular Hbond substituents is 2. The van der Waals surface area contributed by atoms with Gasteiger partial charge in [0.25, 0.3) is 0 Å². The molecule has 2 nitrogen and oxygen atoms in total. The summed E-state index contributed by atoms with van der Waals surface area (Å²) in [6.07, 6.45) is 0. The van der Waals surface area contributed by atoms with E-state index in [1.165, 1.54) is 7.22 Å². The molecule has 0 aliphatic carbocycles. The molecule has 0 unspecified atom stereocenters. The second-order valence-electron chi connectivity index (χ2n) is 4.36. The van der Waals surface area contributed by atoms with Crippen LogP contribution in [0.1, 0.15) is 6.92 Å². The van der Waals surface area contributed by atoms with Crippen molar-refractivity contribution >= 4 is 25.4 Å². The molecule has 18 heavy (non-hydrogen) atoms. The average Bonchev–Trinajstić information content (AvgIpc) is 2.39. The van der Waals surface area contributed by atoms with Gasteiger partial charge in [0.05, 0.1) is 0 Å². The second-order valence-corrected chi connectivity index (χ2v) is 14.9. The number of phenols is 2. The van der Waals surface area contributed by atoms with E-state index >= 15 is 0 Å². The van der Waals surface area contributed by atoms with Gasteiger partial charge in [0, 0.05) is 0 Å². The molecule has 2 rings (SSSR count). The Bertz CT molecular complexity index is 472. The van der Waals surface area contributed by atoms with Gasteiger partial charge in [0.1, 0.15) is 0 Å². The van der Waals surface area contributed by atoms with Crippen LogP contribution in [0.5, 0.6) is 11.5 Å². The molecule has 0 saturated carbocycles. The summed E-state index contributed by atoms with van der Waals surface area (Å²) in [6, 6.07) is 15.2. The summed E-state index contributed by atoms with van der Waals surface area (Å²) in [7, 11) is 0. The summed E-state index contributed by atoms with van der Waals surface area (Å²) in [5, 5.41) is 18.8. The normalized spacial score (nSPS) is 12.3. The third kappa shape index (κ3) is 2.48. The van der Waals surface area contributed by atoms with Crippen LogP contribution in [-0.4, -0.2) is 28.4 Å². The van der Waals surface area contributed by atoms with Crippen LogP contribution in [0.15, 0.2) is 48.5 Å². The zero-order chi connectivity index (χ0) is 13.2. The van der Waals surface area contributed by atoms with E-state index in [0.717, 1.165) is 4.47 Å². The summed E-state index contributed by atoms with van der Waals surface area (Å²) in [5.74, 6) is 0.622. The Labute approximate surface area is 112 Å². The summed E-state index contributed by atoms with van der Waals surface area (Å²) in [5.41, 5.74) is 0. The third-order valence-corrected chi connectivity index (χ3v) is 14.1. The van der Waals surface area contributed by atoms with Crippen molar-refractivity contribution in [1.82, 2.24) is 0 Å². The Morgan fingerprint density at radius 3 is 1.39 bits per heavy atom. The molecule has 2 N–H and O–H groups in total. The van der Waals surface area contributed by atoms with E-state index in [2.05, 4.69) is 11.9 Å². The molecule has 0 heterocycles. The molecule has 0 atom stereocenters. The monoisotopic (exact) mass is 360 g/mol. The Hall–Kier alpha value is -1.17. The van der Waals surface area contributed by atoms with Crippen LogP contribution >= 0.6 is 0 Å². The van der Waals surface area contributed by atoms with Crippen molar-refractivity contribution in [3.63, 3.8) is 0 Å². The number of rotatable bonds is 3. The molecule has 0 saturated heterocycles. The molecule has 0 amide bonds. The fourth-order valence-corrected chi connectivity index (χ4v) is 8.85. The van der Waals surface area contributed by atoms with Crippen LogP contribution in [0, 0.1) is 0 Å². The number of hydrogen-bond acceptors (Lipinski definition) is 2. The molecule has 0 bridgehead atoms. The fourth-order valence-electron chi connectivity index (χ4n) is 1.96. The van der Waals surface area contributed by atoms with Crippen LogP contribution in [-0.2, 0) is 0 Å². The van der Waals surface area contributed by atoms with Crippen LogP contribution in [0.25, 0.3) is 0 Å². The molecule has 0 fully saturated rings. The Morgan fingerprint density at radius 1 is 0.778 bits per heavy atom. The average molecular weight is 358 g/mol. The van der Waals surface area contributed by atoms with E-state index < -0.39 is 18.2 Å². The molecule has 0 aliphatic rings. The number of benzene rings is 2. The third-order valence-electron chi connectivity index (χ3n) is 3.29. The molecule has 0 aliphatic heterocycles. The second kappa shape index (κ2) is 5.22. The molecule has 2 aromatic rings. The van der Waals surface area contributed by atoms with Crippen LogP contribution in [0.3, 0.4) is 0 Å². The minimum atomic E-state index is -2.34. The standard InChI is InChI=1S/C15H18O2Te/c1-3-18(2,14-8-4-12(16)5-9-14)15-10-6-13(17)7-11-15/h4-11,16-17H,3H2,1-2H3. The zero-order valence-electron chi connectivity index (χ0n) is 10.6. The van der Waals surface area contributed by atoms with Gasteiger partial charge in [-0.2, -0.15) is 0 Å². The van der Waals surface area contributed by atoms with Gasteiger partial charge < -0.3 is 0 Å². The molecule has 2 aromatic carbocycles. The Kier molecular flexibility index (Phi) is 3.85. The predicted molar refractivity (Wildman–Crippen MR) is 77.6 cm³/mol. The molecule has 96 valence electrons. The summed E-state index contributed by atoms with van der Waals surface area (Å²) in [6.45, 7) is 2.22. The first-order valence-corrected chi connectivity index (χ1v) is 12.2. The van der Waals surface area contributed by atoms with E-state index in [4.69, 9.17) is 0 Å². The van der Waals surface area contributed by atoms with Crippen LogP contribution in [0.2, 0.25) is 9.44 Å². The maximum atomic E-state index is 9.39. The predicted octanol–water partition coefficient (Wildman–Crippen LogP) is 2.31. The van der Waals surface area contributed by atoms with E-state index in [0.29, 0.717) is 11.5 Å². The van der Waals surface area contributed by atoms with Gasteiger partial charge >= 0.3 is 112 Å². The Balaban J connectivity index is 2.47. The first kappa shape index (κ1) is 13.3. The molecule has 0 spiro atoms. The molecular weight excluding hydrogens is 340 g/mol. The van der Waals surface area contributed by atoms with Gasteiger partial charge in [-0.3, -0.25) is 0 Å². The van der Waals surface area contributed by atoms with Crippen molar-refractivity contribution in [2.45, 2.75) is 16.4 Å². The molecule has 0 radical (unpaired) electrons. The van der Waals surface area contributed by atoms with Crippen molar-refractivity contribution < 1.29 is 10.2 Å². The maximum absolute atomic E-state index is 9.39. The first-order valence-electron chi connectivity index (χ1n) is 5.90. The van der Waals surface area contributed by atoms with Gasteiger partial charge in [0.15, 0.2) is 0 Å². The fraction of sp³-hybridized carbons (Fsp3) is 0.200. The molecule has 3 heteroatoms. The van der Waals surface area contributed by atoms with Gasteiger partial charge in [-0.05, 0) is 0 Å². The molecular formula is C15H18O2Te. The number of hydrogen-bond donors (Lipinski definition) is 2. The van der Waals surface area contributed by atoms with Crippen molar-refractivity contribution in [1.29, 1.82) is 0 Å². The summed E-state index contributed by atoms with van der Waals surface area (Å²) < 4.78 is 3.84. The number of aromatic hydroxyl groups is 2. The van der Waals surface area contributed by atoms with Crippen LogP contribution in [0.4, 0.5) is 0 Å². The van der Waals surface area contributed by atoms with Crippen molar-refractivity contribution in [3.8, 4) is 11.5 Å². The Morgan fingerprint density at radius 2 is 1.11 bits per heavy atom. The van der Waals surface area contributed by atoms with E-state index in [9.17, 15) is 10.2 Å². The quantitative estimate of drug-likeness (QED) is 0.828. The summed E-state index contributed by atoms with van der Waals surface area (Å²) >= 11 is -2.34. The van der Waals surface area contributed by atoms with E-state index in [1.54, 1.807) is 24.3 Å². The molecule has 0 aromatic heterocycles. The zero-order valence-corrected chi connectivity index (χ0v) is 13.0. The SMILES string of the molecule is CC[Te](C)(c1ccc(O)cc1)c1ccc(O)cc1. The minimum absolute atomic E-state index is 0.311. The topological polar surface area (TPSA) is 40.5 Å². The van der Waals surface area contributed by atoms with Crippen molar-refractivity contribution in [3.05, 3.63) is 48.5 Å². The van der Waals surface area contributed by atoms with Crippen LogP contribution < -0.4 is 7.22 Å². The first-order chi connectivity index (χ1) is 8.56. The van der Waals surface area contributed by atoms with Gasteiger partial charge in [-0.15, -0.1) is 0 Å². The van der Waals surface area contributed by atoms with Crippen molar-refractivity contribution in [2.75, 3.05) is 0 Å². The van der Waals surface area contributed by atoms with Gasteiger partial charge in [-0.1, -0.05) is 0 Å². The van der Waals surface area contributed by atoms with Crippen molar-refractivity contribution in [2.24, 2.45) is 0 Å². The van der Waals surface area contributed by atoms with E-state index in [1.807, 2.05) is 24.3 Å². The van der Waals surface area contributed by atoms with Gasteiger partial charge in [0.2, 0.25) is 0 Å². The van der Waals surface area contributed by atoms with E-state index in [-0.39, 0.29) is 0 Å². The summed E-state index contributed by atoms with van der Waals surface area (Å²) in [4.78, 5) is 2.36. The van der Waals surface area contributed by atoms with Gasteiger partial charge in [-0.25, -0.2) is 0 Å².